The molecule has 0 aliphatic carbocycles. The van der Waals surface area contributed by atoms with Gasteiger partial charge >= 0.3 is 0 Å². The van der Waals surface area contributed by atoms with Crippen LogP contribution in [0.5, 0.6) is 0 Å². The summed E-state index contributed by atoms with van der Waals surface area (Å²) in [4.78, 5) is 4.51. The van der Waals surface area contributed by atoms with Crippen molar-refractivity contribution < 1.29 is 9.57 Å². The standard InChI is InChI=1S/C9H23N3O2/c1-7(10)5-13-9(3)4-12-8(2)6-14-11/h7-9,12H,4-6,10-11H2,1-3H3. The lowest BCUT2D eigenvalue weighted by atomic mass is 10.3. The maximum atomic E-state index is 5.56. The van der Waals surface area contributed by atoms with Gasteiger partial charge in [-0.1, -0.05) is 0 Å². The predicted molar refractivity (Wildman–Crippen MR) is 56.7 cm³/mol. The molecule has 0 heterocycles. The molecule has 3 unspecified atom stereocenters. The first-order valence-electron chi connectivity index (χ1n) is 4.98. The van der Waals surface area contributed by atoms with Gasteiger partial charge in [-0.25, -0.2) is 5.90 Å². The monoisotopic (exact) mass is 205 g/mol. The summed E-state index contributed by atoms with van der Waals surface area (Å²) in [6.07, 6.45) is 0.154. The van der Waals surface area contributed by atoms with Crippen molar-refractivity contribution in [3.05, 3.63) is 0 Å². The number of ether oxygens (including phenoxy) is 1. The molecule has 0 rings (SSSR count). The molecule has 0 spiro atoms. The molecule has 5 heteroatoms. The number of nitrogens with two attached hydrogens (primary N) is 2. The van der Waals surface area contributed by atoms with E-state index in [1.165, 1.54) is 0 Å². The lowest BCUT2D eigenvalue weighted by Gasteiger charge is -2.18. The van der Waals surface area contributed by atoms with E-state index in [-0.39, 0.29) is 18.2 Å². The van der Waals surface area contributed by atoms with Gasteiger partial charge in [-0.15, -0.1) is 0 Å². The van der Waals surface area contributed by atoms with Crippen LogP contribution in [0, 0.1) is 0 Å². The fraction of sp³-hybridized carbons (Fsp3) is 1.00. The van der Waals surface area contributed by atoms with Crippen molar-refractivity contribution in [1.82, 2.24) is 5.32 Å². The molecule has 0 aliphatic rings. The molecule has 0 bridgehead atoms. The van der Waals surface area contributed by atoms with E-state index in [2.05, 4.69) is 10.2 Å². The molecule has 0 saturated carbocycles. The Bertz CT molecular complexity index is 133. The minimum Gasteiger partial charge on any atom is -0.376 e. The number of nitrogens with one attached hydrogen (secondary N) is 1. The van der Waals surface area contributed by atoms with Gasteiger partial charge in [0.1, 0.15) is 0 Å². The molecule has 3 atom stereocenters. The average Bonchev–Trinajstić information content (AvgIpc) is 2.12. The molecule has 5 N–H and O–H groups in total. The zero-order valence-corrected chi connectivity index (χ0v) is 9.32. The second kappa shape index (κ2) is 8.14. The van der Waals surface area contributed by atoms with Gasteiger partial charge in [0.25, 0.3) is 0 Å². The van der Waals surface area contributed by atoms with E-state index in [0.717, 1.165) is 6.54 Å². The number of hydrogen-bond acceptors (Lipinski definition) is 5. The van der Waals surface area contributed by atoms with Crippen LogP contribution in [0.3, 0.4) is 0 Å². The third kappa shape index (κ3) is 8.40. The predicted octanol–water partition coefficient (Wildman–Crippen LogP) is -0.393. The smallest absolute Gasteiger partial charge is 0.0829 e. The Morgan fingerprint density at radius 2 is 1.86 bits per heavy atom. The third-order valence-electron chi connectivity index (χ3n) is 1.74. The summed E-state index contributed by atoms with van der Waals surface area (Å²) >= 11 is 0. The Hall–Kier alpha value is -0.200. The second-order valence-electron chi connectivity index (χ2n) is 3.76. The Morgan fingerprint density at radius 3 is 2.36 bits per heavy atom. The highest BCUT2D eigenvalue weighted by Crippen LogP contribution is 1.91. The first-order valence-corrected chi connectivity index (χ1v) is 4.98. The molecule has 5 nitrogen and oxygen atoms in total. The lowest BCUT2D eigenvalue weighted by molar-refractivity contribution is 0.0522. The Balaban J connectivity index is 3.38. The van der Waals surface area contributed by atoms with E-state index in [0.29, 0.717) is 13.2 Å². The van der Waals surface area contributed by atoms with Gasteiger partial charge in [0, 0.05) is 18.6 Å². The third-order valence-corrected chi connectivity index (χ3v) is 1.74. The summed E-state index contributed by atoms with van der Waals surface area (Å²) in [5.41, 5.74) is 5.56. The Labute approximate surface area is 86.1 Å². The number of rotatable bonds is 8. The first-order chi connectivity index (χ1) is 6.56. The summed E-state index contributed by atoms with van der Waals surface area (Å²) in [6, 6.07) is 0.323. The fourth-order valence-electron chi connectivity index (χ4n) is 0.945. The van der Waals surface area contributed by atoms with E-state index in [4.69, 9.17) is 16.4 Å². The average molecular weight is 205 g/mol. The Kier molecular flexibility index (Phi) is 8.02. The molecular formula is C9H23N3O2. The van der Waals surface area contributed by atoms with Crippen molar-refractivity contribution >= 4 is 0 Å². The largest absolute Gasteiger partial charge is 0.376 e. The quantitative estimate of drug-likeness (QED) is 0.470. The van der Waals surface area contributed by atoms with E-state index in [1.54, 1.807) is 0 Å². The molecule has 0 aliphatic heterocycles. The molecule has 0 aromatic rings. The van der Waals surface area contributed by atoms with Crippen molar-refractivity contribution in [3.8, 4) is 0 Å². The Morgan fingerprint density at radius 1 is 1.21 bits per heavy atom. The van der Waals surface area contributed by atoms with E-state index in [1.807, 2.05) is 20.8 Å². The molecule has 86 valence electrons. The highest BCUT2D eigenvalue weighted by atomic mass is 16.6. The van der Waals surface area contributed by atoms with Gasteiger partial charge in [0.15, 0.2) is 0 Å². The van der Waals surface area contributed by atoms with E-state index >= 15 is 0 Å². The highest BCUT2D eigenvalue weighted by Gasteiger charge is 2.06. The molecule has 0 radical (unpaired) electrons. The van der Waals surface area contributed by atoms with Gasteiger partial charge in [-0.3, -0.25) is 0 Å². The zero-order chi connectivity index (χ0) is 11.0. The van der Waals surface area contributed by atoms with Crippen LogP contribution in [-0.2, 0) is 9.57 Å². The zero-order valence-electron chi connectivity index (χ0n) is 9.32. The molecule has 0 saturated heterocycles. The van der Waals surface area contributed by atoms with Crippen LogP contribution in [0.25, 0.3) is 0 Å². The van der Waals surface area contributed by atoms with Crippen LogP contribution < -0.4 is 16.9 Å². The molecule has 0 fully saturated rings. The molecule has 14 heavy (non-hydrogen) atoms. The topological polar surface area (TPSA) is 82.5 Å². The van der Waals surface area contributed by atoms with Gasteiger partial charge < -0.3 is 20.6 Å². The van der Waals surface area contributed by atoms with Crippen molar-refractivity contribution in [2.75, 3.05) is 19.8 Å². The van der Waals surface area contributed by atoms with Crippen LogP contribution in [0.15, 0.2) is 0 Å². The molecule has 0 aromatic carbocycles. The van der Waals surface area contributed by atoms with Crippen LogP contribution in [0.1, 0.15) is 20.8 Å². The minimum atomic E-state index is 0.0854. The van der Waals surface area contributed by atoms with E-state index < -0.39 is 0 Å². The summed E-state index contributed by atoms with van der Waals surface area (Å²) < 4.78 is 5.47. The molecule has 0 amide bonds. The van der Waals surface area contributed by atoms with Gasteiger partial charge in [-0.2, -0.15) is 0 Å². The molecule has 0 aromatic heterocycles. The summed E-state index contributed by atoms with van der Waals surface area (Å²) in [6.45, 7) is 7.80. The van der Waals surface area contributed by atoms with Crippen LogP contribution in [0.2, 0.25) is 0 Å². The van der Waals surface area contributed by atoms with Crippen molar-refractivity contribution in [1.29, 1.82) is 0 Å². The minimum absolute atomic E-state index is 0.0854. The van der Waals surface area contributed by atoms with Crippen LogP contribution >= 0.6 is 0 Å². The summed E-state index contributed by atoms with van der Waals surface area (Å²) in [5.74, 6) is 4.95. The SMILES string of the molecule is CC(N)COC(C)CNC(C)CON. The van der Waals surface area contributed by atoms with Crippen molar-refractivity contribution in [2.45, 2.75) is 39.0 Å². The normalized spacial score (nSPS) is 17.8. The second-order valence-corrected chi connectivity index (χ2v) is 3.76. The maximum Gasteiger partial charge on any atom is 0.0829 e. The summed E-state index contributed by atoms with van der Waals surface area (Å²) in [5, 5.41) is 3.24. The van der Waals surface area contributed by atoms with Gasteiger partial charge in [0.2, 0.25) is 0 Å². The highest BCUT2D eigenvalue weighted by molar-refractivity contribution is 4.63. The van der Waals surface area contributed by atoms with Crippen LogP contribution in [0.4, 0.5) is 0 Å². The lowest BCUT2D eigenvalue weighted by Crippen LogP contribution is -2.38. The van der Waals surface area contributed by atoms with E-state index in [9.17, 15) is 0 Å². The number of hydrogen-bond donors (Lipinski definition) is 3. The summed E-state index contributed by atoms with van der Waals surface area (Å²) in [7, 11) is 0. The van der Waals surface area contributed by atoms with Gasteiger partial charge in [0.05, 0.1) is 19.3 Å². The van der Waals surface area contributed by atoms with Crippen molar-refractivity contribution in [3.63, 3.8) is 0 Å². The van der Waals surface area contributed by atoms with Gasteiger partial charge in [-0.05, 0) is 20.8 Å². The van der Waals surface area contributed by atoms with Crippen LogP contribution in [-0.4, -0.2) is 37.9 Å². The fourth-order valence-corrected chi connectivity index (χ4v) is 0.945. The first kappa shape index (κ1) is 13.8. The van der Waals surface area contributed by atoms with Crippen molar-refractivity contribution in [2.24, 2.45) is 11.6 Å². The maximum absolute atomic E-state index is 5.56. The molecular weight excluding hydrogens is 182 g/mol.